The van der Waals surface area contributed by atoms with Crippen LogP contribution in [-0.2, 0) is 6.54 Å². The van der Waals surface area contributed by atoms with Crippen molar-refractivity contribution >= 4 is 11.5 Å². The highest BCUT2D eigenvalue weighted by atomic mass is 15.2. The molecular weight excluding hydrogens is 212 g/mol. The van der Waals surface area contributed by atoms with Crippen molar-refractivity contribution in [3.8, 4) is 0 Å². The van der Waals surface area contributed by atoms with Gasteiger partial charge in [-0.3, -0.25) is 4.98 Å². The van der Waals surface area contributed by atoms with E-state index in [0.717, 1.165) is 23.7 Å². The molecule has 0 fully saturated rings. The number of anilines is 2. The van der Waals surface area contributed by atoms with Crippen molar-refractivity contribution in [3.63, 3.8) is 0 Å². The lowest BCUT2D eigenvalue weighted by atomic mass is 10.3. The highest BCUT2D eigenvalue weighted by Gasteiger charge is 2.08. The first-order valence-corrected chi connectivity index (χ1v) is 5.68. The molecule has 0 bridgehead atoms. The van der Waals surface area contributed by atoms with Crippen LogP contribution >= 0.6 is 0 Å². The van der Waals surface area contributed by atoms with E-state index in [-0.39, 0.29) is 0 Å². The quantitative estimate of drug-likeness (QED) is 0.870. The van der Waals surface area contributed by atoms with Gasteiger partial charge in [-0.15, -0.1) is 0 Å². The second kappa shape index (κ2) is 5.41. The van der Waals surface area contributed by atoms with Crippen molar-refractivity contribution in [1.82, 2.24) is 9.97 Å². The second-order valence-electron chi connectivity index (χ2n) is 3.65. The van der Waals surface area contributed by atoms with Crippen LogP contribution in [0.4, 0.5) is 11.5 Å². The number of hydrogen-bond acceptors (Lipinski definition) is 4. The van der Waals surface area contributed by atoms with E-state index in [1.807, 2.05) is 18.2 Å². The smallest absolute Gasteiger partial charge is 0.151 e. The lowest BCUT2D eigenvalue weighted by Gasteiger charge is -2.21. The Bertz CT molecular complexity index is 470. The molecule has 0 aliphatic carbocycles. The fourth-order valence-electron chi connectivity index (χ4n) is 1.71. The van der Waals surface area contributed by atoms with Crippen molar-refractivity contribution in [1.29, 1.82) is 0 Å². The van der Waals surface area contributed by atoms with Crippen molar-refractivity contribution in [2.75, 3.05) is 11.4 Å². The molecule has 88 valence electrons. The Morgan fingerprint density at radius 1 is 1.18 bits per heavy atom. The molecule has 4 heteroatoms. The summed E-state index contributed by atoms with van der Waals surface area (Å²) >= 11 is 0. The van der Waals surface area contributed by atoms with Crippen LogP contribution in [0, 0.1) is 0 Å². The van der Waals surface area contributed by atoms with E-state index in [1.165, 1.54) is 0 Å². The van der Waals surface area contributed by atoms with Gasteiger partial charge in [0.15, 0.2) is 5.82 Å². The molecule has 4 nitrogen and oxygen atoms in total. The van der Waals surface area contributed by atoms with E-state index < -0.39 is 0 Å². The molecule has 17 heavy (non-hydrogen) atoms. The molecule has 1 aromatic heterocycles. The Morgan fingerprint density at radius 2 is 1.94 bits per heavy atom. The molecule has 1 aromatic carbocycles. The monoisotopic (exact) mass is 228 g/mol. The summed E-state index contributed by atoms with van der Waals surface area (Å²) in [5.41, 5.74) is 7.49. The van der Waals surface area contributed by atoms with Crippen molar-refractivity contribution in [2.24, 2.45) is 5.73 Å². The normalized spacial score (nSPS) is 10.2. The molecule has 0 saturated carbocycles. The molecule has 2 aromatic rings. The van der Waals surface area contributed by atoms with Gasteiger partial charge >= 0.3 is 0 Å². The molecule has 2 N–H and O–H groups in total. The number of para-hydroxylation sites is 1. The topological polar surface area (TPSA) is 55.0 Å². The summed E-state index contributed by atoms with van der Waals surface area (Å²) in [5.74, 6) is 0.835. The van der Waals surface area contributed by atoms with Crippen LogP contribution in [0.1, 0.15) is 12.6 Å². The van der Waals surface area contributed by atoms with Crippen molar-refractivity contribution < 1.29 is 0 Å². The maximum atomic E-state index is 5.58. The summed E-state index contributed by atoms with van der Waals surface area (Å²) in [6.45, 7) is 3.34. The molecular formula is C13H16N4. The molecule has 0 amide bonds. The van der Waals surface area contributed by atoms with Gasteiger partial charge in [0.05, 0.1) is 11.9 Å². The van der Waals surface area contributed by atoms with E-state index in [2.05, 4.69) is 33.9 Å². The van der Waals surface area contributed by atoms with Gasteiger partial charge in [0.25, 0.3) is 0 Å². The second-order valence-corrected chi connectivity index (χ2v) is 3.65. The van der Waals surface area contributed by atoms with Crippen LogP contribution in [0.3, 0.4) is 0 Å². The van der Waals surface area contributed by atoms with Crippen molar-refractivity contribution in [3.05, 3.63) is 48.4 Å². The summed E-state index contributed by atoms with van der Waals surface area (Å²) in [6.07, 6.45) is 3.46. The molecule has 0 aliphatic rings. The van der Waals surface area contributed by atoms with Crippen LogP contribution in [0.25, 0.3) is 0 Å². The zero-order valence-corrected chi connectivity index (χ0v) is 9.87. The fraction of sp³-hybridized carbons (Fsp3) is 0.231. The minimum Gasteiger partial charge on any atom is -0.325 e. The maximum Gasteiger partial charge on any atom is 0.151 e. The first kappa shape index (κ1) is 11.5. The predicted octanol–water partition coefficient (Wildman–Crippen LogP) is 2.09. The first-order chi connectivity index (χ1) is 8.35. The first-order valence-electron chi connectivity index (χ1n) is 5.68. The molecule has 2 rings (SSSR count). The van der Waals surface area contributed by atoms with Crippen LogP contribution in [0.5, 0.6) is 0 Å². The van der Waals surface area contributed by atoms with E-state index in [1.54, 1.807) is 12.4 Å². The van der Waals surface area contributed by atoms with E-state index in [0.29, 0.717) is 6.54 Å². The Hall–Kier alpha value is -1.94. The van der Waals surface area contributed by atoms with Gasteiger partial charge in [-0.1, -0.05) is 18.2 Å². The average Bonchev–Trinajstić information content (AvgIpc) is 2.41. The Kier molecular flexibility index (Phi) is 3.67. The molecule has 0 aliphatic heterocycles. The fourth-order valence-corrected chi connectivity index (χ4v) is 1.71. The third-order valence-corrected chi connectivity index (χ3v) is 2.54. The predicted molar refractivity (Wildman–Crippen MR) is 69.0 cm³/mol. The summed E-state index contributed by atoms with van der Waals surface area (Å²) in [4.78, 5) is 10.7. The summed E-state index contributed by atoms with van der Waals surface area (Å²) in [7, 11) is 0. The standard InChI is InChI=1S/C13H16N4/c1-2-17(12-6-4-3-5-7-12)13-10-15-9-11(8-14)16-13/h3-7,9-10H,2,8,14H2,1H3. The SMILES string of the molecule is CCN(c1ccccc1)c1cncc(CN)n1. The third kappa shape index (κ3) is 2.60. The van der Waals surface area contributed by atoms with Crippen LogP contribution in [0.15, 0.2) is 42.7 Å². The lowest BCUT2D eigenvalue weighted by Crippen LogP contribution is -2.18. The number of rotatable bonds is 4. The summed E-state index contributed by atoms with van der Waals surface area (Å²) in [6, 6.07) is 10.1. The third-order valence-electron chi connectivity index (χ3n) is 2.54. The number of hydrogen-bond donors (Lipinski definition) is 1. The van der Waals surface area contributed by atoms with E-state index in [4.69, 9.17) is 5.73 Å². The highest BCUT2D eigenvalue weighted by molar-refractivity contribution is 5.58. The van der Waals surface area contributed by atoms with Crippen LogP contribution in [-0.4, -0.2) is 16.5 Å². The summed E-state index contributed by atoms with van der Waals surface area (Å²) in [5, 5.41) is 0. The van der Waals surface area contributed by atoms with E-state index in [9.17, 15) is 0 Å². The number of aromatic nitrogens is 2. The molecule has 0 saturated heterocycles. The molecule has 0 spiro atoms. The largest absolute Gasteiger partial charge is 0.325 e. The van der Waals surface area contributed by atoms with Crippen LogP contribution < -0.4 is 10.6 Å². The van der Waals surface area contributed by atoms with Gasteiger partial charge in [-0.2, -0.15) is 0 Å². The van der Waals surface area contributed by atoms with Gasteiger partial charge in [-0.25, -0.2) is 4.98 Å². The minimum absolute atomic E-state index is 0.410. The van der Waals surface area contributed by atoms with Gasteiger partial charge in [0.1, 0.15) is 0 Å². The lowest BCUT2D eigenvalue weighted by molar-refractivity contribution is 0.917. The van der Waals surface area contributed by atoms with Gasteiger partial charge in [0, 0.05) is 25.0 Å². The zero-order valence-electron chi connectivity index (χ0n) is 9.87. The van der Waals surface area contributed by atoms with Crippen molar-refractivity contribution in [2.45, 2.75) is 13.5 Å². The molecule has 0 radical (unpaired) electrons. The Balaban J connectivity index is 2.35. The number of nitrogens with two attached hydrogens (primary N) is 1. The number of nitrogens with zero attached hydrogens (tertiary/aromatic N) is 3. The Labute approximate surface area is 101 Å². The van der Waals surface area contributed by atoms with Gasteiger partial charge in [0.2, 0.25) is 0 Å². The van der Waals surface area contributed by atoms with Gasteiger partial charge in [-0.05, 0) is 19.1 Å². The Morgan fingerprint density at radius 3 is 2.59 bits per heavy atom. The maximum absolute atomic E-state index is 5.58. The average molecular weight is 228 g/mol. The summed E-state index contributed by atoms with van der Waals surface area (Å²) < 4.78 is 0. The van der Waals surface area contributed by atoms with E-state index >= 15 is 0 Å². The van der Waals surface area contributed by atoms with Crippen LogP contribution in [0.2, 0.25) is 0 Å². The highest BCUT2D eigenvalue weighted by Crippen LogP contribution is 2.21. The number of benzene rings is 1. The minimum atomic E-state index is 0.410. The zero-order chi connectivity index (χ0) is 12.1. The molecule has 0 unspecified atom stereocenters. The van der Waals surface area contributed by atoms with Gasteiger partial charge < -0.3 is 10.6 Å². The molecule has 1 heterocycles. The molecule has 0 atom stereocenters.